The third-order valence-corrected chi connectivity index (χ3v) is 4.13. The topological polar surface area (TPSA) is 25.8 Å². The predicted octanol–water partition coefficient (Wildman–Crippen LogP) is 5.41. The third-order valence-electron chi connectivity index (χ3n) is 4.13. The van der Waals surface area contributed by atoms with E-state index in [-0.39, 0.29) is 5.82 Å². The summed E-state index contributed by atoms with van der Waals surface area (Å²) in [6.07, 6.45) is 1.85. The number of para-hydroxylation sites is 1. The first kappa shape index (κ1) is 14.5. The number of aromatic nitrogens is 2. The van der Waals surface area contributed by atoms with Crippen molar-refractivity contribution in [3.05, 3.63) is 84.3 Å². The van der Waals surface area contributed by atoms with Crippen molar-refractivity contribution in [2.75, 3.05) is 0 Å². The molecule has 1 aromatic heterocycles. The minimum absolute atomic E-state index is 0.225. The van der Waals surface area contributed by atoms with Crippen LogP contribution in [-0.4, -0.2) is 9.97 Å². The Hall–Kier alpha value is -3.07. The molecule has 4 aromatic rings. The summed E-state index contributed by atoms with van der Waals surface area (Å²) in [6.45, 7) is 2.04. The highest BCUT2D eigenvalue weighted by Gasteiger charge is 2.08. The molecule has 0 bridgehead atoms. The van der Waals surface area contributed by atoms with Gasteiger partial charge in [-0.2, -0.15) is 0 Å². The van der Waals surface area contributed by atoms with Gasteiger partial charge in [0.15, 0.2) is 5.82 Å². The molecule has 0 radical (unpaired) electrons. The highest BCUT2D eigenvalue weighted by molar-refractivity contribution is 5.80. The molecule has 2 nitrogen and oxygen atoms in total. The van der Waals surface area contributed by atoms with Gasteiger partial charge in [-0.1, -0.05) is 48.5 Å². The smallest absolute Gasteiger partial charge is 0.160 e. The van der Waals surface area contributed by atoms with Crippen LogP contribution >= 0.6 is 0 Å². The minimum atomic E-state index is -0.225. The van der Waals surface area contributed by atoms with Crippen LogP contribution in [0.1, 0.15) is 5.56 Å². The van der Waals surface area contributed by atoms with E-state index in [0.717, 1.165) is 39.0 Å². The Morgan fingerprint density at radius 1 is 0.833 bits per heavy atom. The van der Waals surface area contributed by atoms with Crippen molar-refractivity contribution in [3.8, 4) is 22.5 Å². The first-order valence-electron chi connectivity index (χ1n) is 7.79. The van der Waals surface area contributed by atoms with Gasteiger partial charge in [0.1, 0.15) is 5.82 Å². The van der Waals surface area contributed by atoms with Crippen molar-refractivity contribution in [3.63, 3.8) is 0 Å². The Bertz CT molecular complexity index is 1020. The number of benzene rings is 3. The molecule has 0 N–H and O–H groups in total. The molecule has 0 fully saturated rings. The van der Waals surface area contributed by atoms with Crippen molar-refractivity contribution in [1.29, 1.82) is 0 Å². The number of halogens is 1. The van der Waals surface area contributed by atoms with Gasteiger partial charge in [-0.15, -0.1) is 0 Å². The van der Waals surface area contributed by atoms with Gasteiger partial charge in [-0.05, 0) is 41.8 Å². The van der Waals surface area contributed by atoms with Gasteiger partial charge in [0.05, 0.1) is 5.52 Å². The minimum Gasteiger partial charge on any atom is -0.236 e. The zero-order chi connectivity index (χ0) is 16.5. The fraction of sp³-hybridized carbons (Fsp3) is 0.0476. The molecule has 0 aliphatic rings. The monoisotopic (exact) mass is 314 g/mol. The number of fused-ring (bicyclic) bond motifs is 1. The number of hydrogen-bond acceptors (Lipinski definition) is 2. The molecule has 0 spiro atoms. The Balaban J connectivity index is 1.76. The quantitative estimate of drug-likeness (QED) is 0.494. The van der Waals surface area contributed by atoms with Crippen LogP contribution in [0, 0.1) is 12.7 Å². The van der Waals surface area contributed by atoms with Crippen molar-refractivity contribution < 1.29 is 4.39 Å². The molecule has 0 unspecified atom stereocenters. The lowest BCUT2D eigenvalue weighted by Crippen LogP contribution is -1.93. The second-order valence-electron chi connectivity index (χ2n) is 5.79. The maximum atomic E-state index is 13.1. The second-order valence-corrected chi connectivity index (χ2v) is 5.79. The number of nitrogens with zero attached hydrogens (tertiary/aromatic N) is 2. The van der Waals surface area contributed by atoms with Crippen molar-refractivity contribution in [1.82, 2.24) is 9.97 Å². The molecule has 0 aliphatic heterocycles. The van der Waals surface area contributed by atoms with E-state index in [2.05, 4.69) is 16.0 Å². The van der Waals surface area contributed by atoms with Crippen molar-refractivity contribution in [2.24, 2.45) is 0 Å². The van der Waals surface area contributed by atoms with Crippen LogP contribution in [0.3, 0.4) is 0 Å². The summed E-state index contributed by atoms with van der Waals surface area (Å²) >= 11 is 0. The Kier molecular flexibility index (Phi) is 3.54. The Morgan fingerprint density at radius 3 is 2.38 bits per heavy atom. The third kappa shape index (κ3) is 2.65. The standard InChI is InChI=1S/C21H15FN2/c1-14-12-16(15-6-9-18(22)10-7-15)8-11-19(14)21-23-13-17-4-2-3-5-20(17)24-21/h2-13H,1H3. The molecule has 3 aromatic carbocycles. The normalized spacial score (nSPS) is 10.9. The molecule has 0 atom stereocenters. The van der Waals surface area contributed by atoms with Gasteiger partial charge in [-0.25, -0.2) is 14.4 Å². The SMILES string of the molecule is Cc1cc(-c2ccc(F)cc2)ccc1-c1ncc2ccccc2n1. The predicted molar refractivity (Wildman–Crippen MR) is 95.1 cm³/mol. The Morgan fingerprint density at radius 2 is 1.58 bits per heavy atom. The average Bonchev–Trinajstić information content (AvgIpc) is 2.62. The van der Waals surface area contributed by atoms with Crippen molar-refractivity contribution in [2.45, 2.75) is 6.92 Å². The lowest BCUT2D eigenvalue weighted by Gasteiger charge is -2.09. The van der Waals surface area contributed by atoms with E-state index < -0.39 is 0 Å². The van der Waals surface area contributed by atoms with Gasteiger partial charge < -0.3 is 0 Å². The summed E-state index contributed by atoms with van der Waals surface area (Å²) < 4.78 is 13.1. The van der Waals surface area contributed by atoms with Crippen LogP contribution in [0.5, 0.6) is 0 Å². The van der Waals surface area contributed by atoms with E-state index in [9.17, 15) is 4.39 Å². The number of rotatable bonds is 2. The summed E-state index contributed by atoms with van der Waals surface area (Å²) in [4.78, 5) is 9.15. The first-order chi connectivity index (χ1) is 11.7. The zero-order valence-corrected chi connectivity index (χ0v) is 13.2. The van der Waals surface area contributed by atoms with Crippen molar-refractivity contribution >= 4 is 10.9 Å². The summed E-state index contributed by atoms with van der Waals surface area (Å²) in [5.41, 5.74) is 5.07. The van der Waals surface area contributed by atoms with E-state index in [0.29, 0.717) is 0 Å². The van der Waals surface area contributed by atoms with Gasteiger partial charge in [-0.3, -0.25) is 0 Å². The van der Waals surface area contributed by atoms with Crippen LogP contribution in [0.2, 0.25) is 0 Å². The van der Waals surface area contributed by atoms with Gasteiger partial charge >= 0.3 is 0 Å². The number of hydrogen-bond donors (Lipinski definition) is 0. The van der Waals surface area contributed by atoms with Crippen LogP contribution < -0.4 is 0 Å². The molecular formula is C21H15FN2. The van der Waals surface area contributed by atoms with Crippen LogP contribution in [0.4, 0.5) is 4.39 Å². The zero-order valence-electron chi connectivity index (χ0n) is 13.2. The molecule has 0 amide bonds. The van der Waals surface area contributed by atoms with Gasteiger partial charge in [0.25, 0.3) is 0 Å². The molecule has 3 heteroatoms. The maximum absolute atomic E-state index is 13.1. The summed E-state index contributed by atoms with van der Waals surface area (Å²) in [5.74, 6) is 0.494. The molecule has 0 saturated carbocycles. The molecule has 24 heavy (non-hydrogen) atoms. The molecular weight excluding hydrogens is 299 g/mol. The average molecular weight is 314 g/mol. The second kappa shape index (κ2) is 5.85. The molecule has 116 valence electrons. The van der Waals surface area contributed by atoms with Crippen LogP contribution in [-0.2, 0) is 0 Å². The van der Waals surface area contributed by atoms with E-state index in [4.69, 9.17) is 0 Å². The van der Waals surface area contributed by atoms with E-state index >= 15 is 0 Å². The summed E-state index contributed by atoms with van der Waals surface area (Å²) in [5, 5.41) is 1.03. The summed E-state index contributed by atoms with van der Waals surface area (Å²) in [6, 6.07) is 20.6. The fourth-order valence-corrected chi connectivity index (χ4v) is 2.84. The fourth-order valence-electron chi connectivity index (χ4n) is 2.84. The Labute approximate surface area is 139 Å². The highest BCUT2D eigenvalue weighted by atomic mass is 19.1. The largest absolute Gasteiger partial charge is 0.236 e. The van der Waals surface area contributed by atoms with Crippen LogP contribution in [0.25, 0.3) is 33.4 Å². The lowest BCUT2D eigenvalue weighted by molar-refractivity contribution is 0.628. The molecule has 1 heterocycles. The molecule has 0 saturated heterocycles. The van der Waals surface area contributed by atoms with E-state index in [1.807, 2.05) is 49.5 Å². The highest BCUT2D eigenvalue weighted by Crippen LogP contribution is 2.27. The molecule has 4 rings (SSSR count). The summed E-state index contributed by atoms with van der Waals surface area (Å²) in [7, 11) is 0. The van der Waals surface area contributed by atoms with Gasteiger partial charge in [0.2, 0.25) is 0 Å². The molecule has 0 aliphatic carbocycles. The van der Waals surface area contributed by atoms with E-state index in [1.165, 1.54) is 12.1 Å². The number of aryl methyl sites for hydroxylation is 1. The lowest BCUT2D eigenvalue weighted by atomic mass is 9.99. The van der Waals surface area contributed by atoms with Gasteiger partial charge in [0, 0.05) is 17.1 Å². The van der Waals surface area contributed by atoms with Crippen LogP contribution in [0.15, 0.2) is 72.9 Å². The first-order valence-corrected chi connectivity index (χ1v) is 7.79. The van der Waals surface area contributed by atoms with E-state index in [1.54, 1.807) is 12.1 Å². The maximum Gasteiger partial charge on any atom is 0.160 e.